The summed E-state index contributed by atoms with van der Waals surface area (Å²) in [5.74, 6) is -1.94. The van der Waals surface area contributed by atoms with Gasteiger partial charge in [0.15, 0.2) is 0 Å². The second-order valence-corrected chi connectivity index (χ2v) is 8.42. The van der Waals surface area contributed by atoms with Gasteiger partial charge in [0.1, 0.15) is 29.2 Å². The van der Waals surface area contributed by atoms with Gasteiger partial charge < -0.3 is 37.1 Å². The Morgan fingerprint density at radius 2 is 1.81 bits per heavy atom. The van der Waals surface area contributed by atoms with Gasteiger partial charge in [-0.15, -0.1) is 11.8 Å². The van der Waals surface area contributed by atoms with Gasteiger partial charge in [-0.25, -0.2) is 4.79 Å². The number of phenolic OH excluding ortho intramolecular Hbond substituents is 1. The molecule has 2 heterocycles. The third kappa shape index (κ3) is 3.72. The molecule has 9 N–H and O–H groups in total. The maximum absolute atomic E-state index is 12.3. The highest BCUT2D eigenvalue weighted by molar-refractivity contribution is 8.01. The molecule has 2 aliphatic heterocycles. The minimum Gasteiger partial charge on any atom is -0.508 e. The van der Waals surface area contributed by atoms with Crippen molar-refractivity contribution in [3.05, 3.63) is 29.8 Å². The van der Waals surface area contributed by atoms with Crippen LogP contribution in [-0.4, -0.2) is 66.1 Å². The minimum atomic E-state index is -1.06. The summed E-state index contributed by atoms with van der Waals surface area (Å²) in [5.41, 5.74) is 6.41. The van der Waals surface area contributed by atoms with Gasteiger partial charge in [-0.3, -0.25) is 9.59 Å². The van der Waals surface area contributed by atoms with Gasteiger partial charge in [0.25, 0.3) is 0 Å². The zero-order valence-corrected chi connectivity index (χ0v) is 15.5. The lowest BCUT2D eigenvalue weighted by atomic mass is 9.95. The van der Waals surface area contributed by atoms with Crippen molar-refractivity contribution in [3.8, 4) is 5.75 Å². The molecular weight excluding hydrogens is 378 g/mol. The summed E-state index contributed by atoms with van der Waals surface area (Å²) >= 11 is 1.35. The number of nitrogens with zero attached hydrogens (tertiary/aromatic N) is 1. The van der Waals surface area contributed by atoms with E-state index in [2.05, 4.69) is 5.32 Å². The number of rotatable bonds is 4. The van der Waals surface area contributed by atoms with Gasteiger partial charge in [-0.05, 0) is 31.5 Å². The largest absolute Gasteiger partial charge is 0.508 e. The molecule has 2 aliphatic rings. The third-order valence-electron chi connectivity index (χ3n) is 4.51. The van der Waals surface area contributed by atoms with Crippen LogP contribution in [-0.2, 0) is 14.4 Å². The molecule has 0 saturated carbocycles. The second-order valence-electron chi connectivity index (χ2n) is 6.65. The van der Waals surface area contributed by atoms with Gasteiger partial charge in [0, 0.05) is 4.75 Å². The predicted molar refractivity (Wildman–Crippen MR) is 97.9 cm³/mol. The fraction of sp³-hybridized carbons (Fsp3) is 0.438. The van der Waals surface area contributed by atoms with Crippen molar-refractivity contribution >= 4 is 29.5 Å². The molecule has 10 nitrogen and oxygen atoms in total. The normalized spacial score (nSPS) is 26.0. The monoisotopic (exact) mass is 401 g/mol. The first-order valence-electron chi connectivity index (χ1n) is 7.71. The lowest BCUT2D eigenvalue weighted by molar-refractivity contribution is -0.161. The Labute approximate surface area is 159 Å². The number of nitrogens with two attached hydrogens (primary N) is 1. The third-order valence-corrected chi connectivity index (χ3v) is 6.08. The van der Waals surface area contributed by atoms with Crippen LogP contribution in [0.4, 0.5) is 0 Å². The Bertz CT molecular complexity index is 740. The number of amides is 2. The van der Waals surface area contributed by atoms with Gasteiger partial charge in [0.05, 0.1) is 0 Å². The molecule has 0 aliphatic carbocycles. The van der Waals surface area contributed by atoms with E-state index in [9.17, 15) is 24.6 Å². The number of hydrogen-bond donors (Lipinski definition) is 4. The molecule has 0 spiro atoms. The molecule has 2 saturated heterocycles. The molecule has 0 bridgehead atoms. The first-order valence-corrected chi connectivity index (χ1v) is 8.59. The first-order chi connectivity index (χ1) is 11.6. The molecule has 0 aromatic heterocycles. The van der Waals surface area contributed by atoms with Crippen molar-refractivity contribution in [3.63, 3.8) is 0 Å². The Morgan fingerprint density at radius 1 is 1.26 bits per heavy atom. The maximum atomic E-state index is 12.3. The molecule has 27 heavy (non-hydrogen) atoms. The predicted octanol–water partition coefficient (Wildman–Crippen LogP) is -1.63. The van der Waals surface area contributed by atoms with Crippen LogP contribution in [0.2, 0.25) is 0 Å². The number of carbonyl (C=O) groups excluding carboxylic acids is 2. The number of carboxylic acids is 1. The fourth-order valence-electron chi connectivity index (χ4n) is 3.22. The number of fused-ring (bicyclic) bond motifs is 1. The van der Waals surface area contributed by atoms with E-state index in [0.717, 1.165) is 0 Å². The van der Waals surface area contributed by atoms with Crippen molar-refractivity contribution in [2.75, 3.05) is 0 Å². The van der Waals surface area contributed by atoms with Gasteiger partial charge in [-0.1, -0.05) is 12.1 Å². The Balaban J connectivity index is 0.00000182. The van der Waals surface area contributed by atoms with Crippen molar-refractivity contribution < 1.29 is 35.5 Å². The molecule has 11 heteroatoms. The van der Waals surface area contributed by atoms with E-state index in [-0.39, 0.29) is 16.7 Å². The van der Waals surface area contributed by atoms with E-state index in [1.807, 2.05) is 0 Å². The van der Waals surface area contributed by atoms with E-state index in [1.54, 1.807) is 13.8 Å². The summed E-state index contributed by atoms with van der Waals surface area (Å²) in [6.45, 7) is 3.53. The molecule has 1 aromatic carbocycles. The molecule has 2 fully saturated rings. The van der Waals surface area contributed by atoms with Crippen LogP contribution in [0, 0.1) is 0 Å². The lowest BCUT2D eigenvalue weighted by Crippen LogP contribution is -2.71. The fourth-order valence-corrected chi connectivity index (χ4v) is 4.85. The van der Waals surface area contributed by atoms with Crippen molar-refractivity contribution in [1.82, 2.24) is 10.2 Å². The number of thioether (sulfide) groups is 1. The summed E-state index contributed by atoms with van der Waals surface area (Å²) in [6, 6.07) is 3.21. The number of benzene rings is 1. The zero-order valence-electron chi connectivity index (χ0n) is 14.7. The Kier molecular flexibility index (Phi) is 6.49. The quantitative estimate of drug-likeness (QED) is 0.434. The smallest absolute Gasteiger partial charge is 0.327 e. The topological polar surface area (TPSA) is 196 Å². The molecular formula is C16H23N3O7S. The van der Waals surface area contributed by atoms with E-state index in [1.165, 1.54) is 40.9 Å². The molecule has 1 aromatic rings. The highest BCUT2D eigenvalue weighted by atomic mass is 32.2. The van der Waals surface area contributed by atoms with Crippen molar-refractivity contribution in [2.24, 2.45) is 5.73 Å². The number of carboxylic acid groups (broad SMARTS) is 1. The molecule has 0 radical (unpaired) electrons. The van der Waals surface area contributed by atoms with Crippen LogP contribution in [0.15, 0.2) is 24.3 Å². The zero-order chi connectivity index (χ0) is 18.5. The average Bonchev–Trinajstić information content (AvgIpc) is 2.80. The van der Waals surface area contributed by atoms with Crippen LogP contribution in [0.25, 0.3) is 0 Å². The van der Waals surface area contributed by atoms with Crippen LogP contribution < -0.4 is 11.1 Å². The summed E-state index contributed by atoms with van der Waals surface area (Å²) in [7, 11) is 0. The number of hydrogen-bond acceptors (Lipinski definition) is 6. The van der Waals surface area contributed by atoms with Crippen molar-refractivity contribution in [2.45, 2.75) is 42.1 Å². The van der Waals surface area contributed by atoms with Crippen LogP contribution in [0.3, 0.4) is 0 Å². The molecule has 3 rings (SSSR count). The van der Waals surface area contributed by atoms with Gasteiger partial charge in [0.2, 0.25) is 11.8 Å². The van der Waals surface area contributed by atoms with Crippen LogP contribution in [0.5, 0.6) is 5.75 Å². The highest BCUT2D eigenvalue weighted by Crippen LogP contribution is 2.50. The van der Waals surface area contributed by atoms with E-state index in [4.69, 9.17) is 5.73 Å². The summed E-state index contributed by atoms with van der Waals surface area (Å²) in [6.07, 6.45) is 0. The summed E-state index contributed by atoms with van der Waals surface area (Å²) in [4.78, 5) is 37.5. The minimum absolute atomic E-state index is 0. The number of aromatic hydroxyl groups is 1. The van der Waals surface area contributed by atoms with Gasteiger partial charge in [-0.2, -0.15) is 0 Å². The SMILES string of the molecule is CC1(C)S[C@@H]2[C@H](NC(=O)[C@H](N)c3ccc(O)cc3)C(=O)N2[C@H]1C(=O)O.O.O. The van der Waals surface area contributed by atoms with Crippen LogP contribution in [0.1, 0.15) is 25.5 Å². The molecule has 150 valence electrons. The van der Waals surface area contributed by atoms with Gasteiger partial charge >= 0.3 is 5.97 Å². The summed E-state index contributed by atoms with van der Waals surface area (Å²) in [5, 5.41) is 20.9. The lowest BCUT2D eigenvalue weighted by Gasteiger charge is -2.43. The number of phenols is 1. The first kappa shape index (κ1) is 22.7. The number of carbonyl (C=O) groups is 3. The standard InChI is InChI=1S/C16H19N3O5S.2H2O/c1-16(2)11(15(23)24)19-13(22)10(14(19)25-16)18-12(21)9(17)7-3-5-8(20)6-4-7;;/h3-6,9-11,14,20H,17H2,1-2H3,(H,18,21)(H,23,24);2*1H2/t9-,10-,11+,14-;;/m1../s1. The van der Waals surface area contributed by atoms with Crippen molar-refractivity contribution in [1.29, 1.82) is 0 Å². The Hall–Kier alpha value is -2.34. The molecule has 2 amide bonds. The average molecular weight is 401 g/mol. The second kappa shape index (κ2) is 7.72. The van der Waals surface area contributed by atoms with E-state index < -0.39 is 46.0 Å². The Morgan fingerprint density at radius 3 is 2.33 bits per heavy atom. The molecule has 4 atom stereocenters. The highest BCUT2D eigenvalue weighted by Gasteiger charge is 2.64. The van der Waals surface area contributed by atoms with Crippen LogP contribution >= 0.6 is 11.8 Å². The maximum Gasteiger partial charge on any atom is 0.327 e. The number of nitrogens with one attached hydrogen (secondary N) is 1. The number of aliphatic carboxylic acids is 1. The summed E-state index contributed by atoms with van der Waals surface area (Å²) < 4.78 is -0.648. The molecule has 0 unspecified atom stereocenters. The van der Waals surface area contributed by atoms with E-state index in [0.29, 0.717) is 5.56 Å². The van der Waals surface area contributed by atoms with E-state index >= 15 is 0 Å². The number of β-lactam (4-membered cyclic amide) rings is 1.